The van der Waals surface area contributed by atoms with Crippen LogP contribution in [0.25, 0.3) is 11.5 Å². The Balaban J connectivity index is 1.68. The quantitative estimate of drug-likeness (QED) is 0.552. The van der Waals surface area contributed by atoms with E-state index in [1.165, 1.54) is 12.3 Å². The topological polar surface area (TPSA) is 87.4 Å². The maximum Gasteiger partial charge on any atom is 0.251 e. The smallest absolute Gasteiger partial charge is 0.251 e. The first-order valence-electron chi connectivity index (χ1n) is 8.25. The summed E-state index contributed by atoms with van der Waals surface area (Å²) in [6.45, 7) is 0.405. The van der Waals surface area contributed by atoms with Crippen LogP contribution < -0.4 is 10.6 Å². The fourth-order valence-corrected chi connectivity index (χ4v) is 2.38. The highest BCUT2D eigenvalue weighted by Crippen LogP contribution is 2.28. The number of carbonyl (C=O) groups is 1. The number of aliphatic hydroxyl groups excluding tert-OH is 1. The van der Waals surface area contributed by atoms with E-state index in [1.807, 2.05) is 0 Å². The average Bonchev–Trinajstić information content (AvgIpc) is 3.10. The molecule has 140 valence electrons. The van der Waals surface area contributed by atoms with Crippen LogP contribution >= 0.6 is 0 Å². The van der Waals surface area contributed by atoms with Crippen molar-refractivity contribution in [1.29, 1.82) is 0 Å². The fraction of sp³-hybridized carbons (Fsp3) is 0.158. The second kappa shape index (κ2) is 8.41. The lowest BCUT2D eigenvalue weighted by Gasteiger charge is -2.06. The molecule has 3 aromatic rings. The van der Waals surface area contributed by atoms with Gasteiger partial charge in [0.1, 0.15) is 17.2 Å². The standard InChI is InChI=1S/C19H17F2N3O3/c20-14-3-1-4-15(21)17(14)19-23-11-16(27-19)24-13-7-5-12(6-8-13)18(26)22-9-2-10-25/h1,3-8,11,24-25H,2,9-10H2,(H,22,26). The molecule has 1 amide bonds. The first-order chi connectivity index (χ1) is 13.1. The summed E-state index contributed by atoms with van der Waals surface area (Å²) in [5.41, 5.74) is 0.740. The lowest BCUT2D eigenvalue weighted by molar-refractivity contribution is 0.0951. The summed E-state index contributed by atoms with van der Waals surface area (Å²) in [7, 11) is 0. The third-order valence-corrected chi connectivity index (χ3v) is 3.72. The van der Waals surface area contributed by atoms with Crippen LogP contribution in [-0.4, -0.2) is 29.1 Å². The predicted octanol–water partition coefficient (Wildman–Crippen LogP) is 3.48. The highest BCUT2D eigenvalue weighted by atomic mass is 19.1. The SMILES string of the molecule is O=C(NCCCO)c1ccc(Nc2cnc(-c3c(F)cccc3F)o2)cc1. The second-order valence-corrected chi connectivity index (χ2v) is 5.66. The van der Waals surface area contributed by atoms with E-state index in [4.69, 9.17) is 9.52 Å². The Labute approximate surface area is 153 Å². The summed E-state index contributed by atoms with van der Waals surface area (Å²) >= 11 is 0. The first-order valence-corrected chi connectivity index (χ1v) is 8.25. The van der Waals surface area contributed by atoms with E-state index in [0.717, 1.165) is 12.1 Å². The summed E-state index contributed by atoms with van der Waals surface area (Å²) < 4.78 is 33.0. The van der Waals surface area contributed by atoms with Gasteiger partial charge in [-0.1, -0.05) is 6.07 Å². The van der Waals surface area contributed by atoms with Crippen molar-refractivity contribution >= 4 is 17.5 Å². The Morgan fingerprint density at radius 1 is 1.11 bits per heavy atom. The Bertz CT molecular complexity index is 906. The molecule has 2 aromatic carbocycles. The zero-order valence-corrected chi connectivity index (χ0v) is 14.2. The van der Waals surface area contributed by atoms with Crippen LogP contribution in [-0.2, 0) is 0 Å². The number of nitrogens with zero attached hydrogens (tertiary/aromatic N) is 1. The number of hydrogen-bond donors (Lipinski definition) is 3. The van der Waals surface area contributed by atoms with Gasteiger partial charge in [0.05, 0.1) is 6.20 Å². The largest absolute Gasteiger partial charge is 0.420 e. The molecule has 3 rings (SSSR count). The van der Waals surface area contributed by atoms with Crippen LogP contribution in [0.3, 0.4) is 0 Å². The molecule has 1 aromatic heterocycles. The maximum atomic E-state index is 13.8. The molecule has 0 aliphatic rings. The predicted molar refractivity (Wildman–Crippen MR) is 95.6 cm³/mol. The molecule has 0 unspecified atom stereocenters. The molecule has 0 saturated carbocycles. The van der Waals surface area contributed by atoms with Crippen molar-refractivity contribution < 1.29 is 23.1 Å². The number of hydrogen-bond acceptors (Lipinski definition) is 5. The number of rotatable bonds is 7. The van der Waals surface area contributed by atoms with Crippen molar-refractivity contribution in [1.82, 2.24) is 10.3 Å². The van der Waals surface area contributed by atoms with Gasteiger partial charge < -0.3 is 20.2 Å². The van der Waals surface area contributed by atoms with Crippen LogP contribution in [0, 0.1) is 11.6 Å². The normalized spacial score (nSPS) is 10.6. The molecule has 8 heteroatoms. The van der Waals surface area contributed by atoms with Gasteiger partial charge in [-0.3, -0.25) is 4.79 Å². The number of carbonyl (C=O) groups excluding carboxylic acids is 1. The van der Waals surface area contributed by atoms with E-state index >= 15 is 0 Å². The second-order valence-electron chi connectivity index (χ2n) is 5.66. The minimum atomic E-state index is -0.764. The van der Waals surface area contributed by atoms with Gasteiger partial charge in [0.15, 0.2) is 0 Å². The van der Waals surface area contributed by atoms with Crippen molar-refractivity contribution in [3.63, 3.8) is 0 Å². The molecule has 0 saturated heterocycles. The molecule has 27 heavy (non-hydrogen) atoms. The Hall–Kier alpha value is -3.26. The lowest BCUT2D eigenvalue weighted by atomic mass is 10.2. The van der Waals surface area contributed by atoms with Crippen LogP contribution in [0.1, 0.15) is 16.8 Å². The van der Waals surface area contributed by atoms with Crippen LogP contribution in [0.2, 0.25) is 0 Å². The number of aromatic nitrogens is 1. The number of nitrogens with one attached hydrogen (secondary N) is 2. The Morgan fingerprint density at radius 2 is 1.81 bits per heavy atom. The maximum absolute atomic E-state index is 13.8. The van der Waals surface area contributed by atoms with E-state index in [2.05, 4.69) is 15.6 Å². The first kappa shape index (κ1) is 18.5. The Kier molecular flexibility index (Phi) is 5.77. The van der Waals surface area contributed by atoms with Gasteiger partial charge in [-0.05, 0) is 42.8 Å². The third kappa shape index (κ3) is 4.48. The lowest BCUT2D eigenvalue weighted by Crippen LogP contribution is -2.24. The molecule has 0 aliphatic heterocycles. The summed E-state index contributed by atoms with van der Waals surface area (Å²) in [5.74, 6) is -1.74. The van der Waals surface area contributed by atoms with E-state index in [9.17, 15) is 13.6 Å². The molecule has 0 aliphatic carbocycles. The molecule has 0 radical (unpaired) electrons. The molecule has 0 spiro atoms. The van der Waals surface area contributed by atoms with Gasteiger partial charge in [0, 0.05) is 24.4 Å². The summed E-state index contributed by atoms with van der Waals surface area (Å²) in [6, 6.07) is 10.1. The van der Waals surface area contributed by atoms with Crippen molar-refractivity contribution in [3.05, 3.63) is 65.9 Å². The number of halogens is 2. The molecule has 0 atom stereocenters. The zero-order valence-electron chi connectivity index (χ0n) is 14.2. The highest BCUT2D eigenvalue weighted by molar-refractivity contribution is 5.94. The third-order valence-electron chi connectivity index (χ3n) is 3.72. The molecule has 0 fully saturated rings. The number of amides is 1. The van der Waals surface area contributed by atoms with Crippen LogP contribution in [0.15, 0.2) is 53.1 Å². The van der Waals surface area contributed by atoms with Crippen molar-refractivity contribution in [3.8, 4) is 11.5 Å². The van der Waals surface area contributed by atoms with Gasteiger partial charge in [0.25, 0.3) is 5.91 Å². The molecule has 3 N–H and O–H groups in total. The van der Waals surface area contributed by atoms with Gasteiger partial charge in [-0.15, -0.1) is 0 Å². The van der Waals surface area contributed by atoms with Crippen LogP contribution in [0.4, 0.5) is 20.4 Å². The molecule has 0 bridgehead atoms. The minimum Gasteiger partial charge on any atom is -0.420 e. The number of anilines is 2. The monoisotopic (exact) mass is 373 g/mol. The van der Waals surface area contributed by atoms with Crippen LogP contribution in [0.5, 0.6) is 0 Å². The number of aliphatic hydroxyl groups is 1. The van der Waals surface area contributed by atoms with E-state index in [1.54, 1.807) is 24.3 Å². The molecule has 1 heterocycles. The number of benzene rings is 2. The van der Waals surface area contributed by atoms with E-state index in [0.29, 0.717) is 24.2 Å². The van der Waals surface area contributed by atoms with Crippen molar-refractivity contribution in [2.45, 2.75) is 6.42 Å². The van der Waals surface area contributed by atoms with E-state index < -0.39 is 11.6 Å². The zero-order chi connectivity index (χ0) is 19.2. The fourth-order valence-electron chi connectivity index (χ4n) is 2.38. The average molecular weight is 373 g/mol. The number of oxazole rings is 1. The summed E-state index contributed by atoms with van der Waals surface area (Å²) in [4.78, 5) is 15.8. The summed E-state index contributed by atoms with van der Waals surface area (Å²) in [6.07, 6.45) is 1.80. The highest BCUT2D eigenvalue weighted by Gasteiger charge is 2.16. The van der Waals surface area contributed by atoms with Crippen molar-refractivity contribution in [2.24, 2.45) is 0 Å². The Morgan fingerprint density at radius 3 is 2.48 bits per heavy atom. The minimum absolute atomic E-state index is 0.0130. The molecular weight excluding hydrogens is 356 g/mol. The summed E-state index contributed by atoms with van der Waals surface area (Å²) in [5, 5.41) is 14.3. The van der Waals surface area contributed by atoms with E-state index in [-0.39, 0.29) is 29.9 Å². The van der Waals surface area contributed by atoms with Gasteiger partial charge in [0.2, 0.25) is 11.8 Å². The van der Waals surface area contributed by atoms with Gasteiger partial charge in [-0.25, -0.2) is 13.8 Å². The van der Waals surface area contributed by atoms with Gasteiger partial charge in [-0.2, -0.15) is 0 Å². The van der Waals surface area contributed by atoms with Gasteiger partial charge >= 0.3 is 0 Å². The molecule has 6 nitrogen and oxygen atoms in total. The molecular formula is C19H17F2N3O3. The van der Waals surface area contributed by atoms with Crippen molar-refractivity contribution in [2.75, 3.05) is 18.5 Å².